The highest BCUT2D eigenvalue weighted by Gasteiger charge is 2.21. The Morgan fingerprint density at radius 1 is 1.53 bits per heavy atom. The molecule has 0 aromatic carbocycles. The van der Waals surface area contributed by atoms with Gasteiger partial charge in [0.1, 0.15) is 0 Å². The Morgan fingerprint density at radius 2 is 2.32 bits per heavy atom. The lowest BCUT2D eigenvalue weighted by Crippen LogP contribution is -2.44. The van der Waals surface area contributed by atoms with Crippen molar-refractivity contribution in [3.8, 4) is 0 Å². The minimum atomic E-state index is -0.236. The SMILES string of the molecule is CC(=O)NCC(=O)NC1CCc2n[nH]c(=O)cc2C1. The molecule has 0 aliphatic heterocycles. The van der Waals surface area contributed by atoms with Crippen LogP contribution >= 0.6 is 0 Å². The number of rotatable bonds is 3. The van der Waals surface area contributed by atoms with E-state index in [-0.39, 0.29) is 30.0 Å². The summed E-state index contributed by atoms with van der Waals surface area (Å²) in [5.41, 5.74) is 1.52. The Kier molecular flexibility index (Phi) is 3.94. The number of aromatic nitrogens is 2. The van der Waals surface area contributed by atoms with E-state index in [1.165, 1.54) is 13.0 Å². The number of amides is 2. The average molecular weight is 264 g/mol. The van der Waals surface area contributed by atoms with Crippen LogP contribution in [0.1, 0.15) is 24.6 Å². The Balaban J connectivity index is 1.92. The molecule has 1 atom stereocenters. The Hall–Kier alpha value is -2.18. The van der Waals surface area contributed by atoms with Crippen LogP contribution in [0.3, 0.4) is 0 Å². The third-order valence-electron chi connectivity index (χ3n) is 3.04. The van der Waals surface area contributed by atoms with Gasteiger partial charge < -0.3 is 10.6 Å². The second-order valence-electron chi connectivity index (χ2n) is 4.62. The van der Waals surface area contributed by atoms with E-state index in [1.54, 1.807) is 0 Å². The molecule has 7 heteroatoms. The number of hydrogen-bond acceptors (Lipinski definition) is 4. The molecule has 102 valence electrons. The topological polar surface area (TPSA) is 104 Å². The van der Waals surface area contributed by atoms with E-state index >= 15 is 0 Å². The lowest BCUT2D eigenvalue weighted by atomic mass is 9.92. The van der Waals surface area contributed by atoms with Crippen LogP contribution in [0.4, 0.5) is 0 Å². The summed E-state index contributed by atoms with van der Waals surface area (Å²) in [5, 5.41) is 11.7. The first-order valence-electron chi connectivity index (χ1n) is 6.16. The van der Waals surface area contributed by atoms with Crippen molar-refractivity contribution in [2.24, 2.45) is 0 Å². The first-order chi connectivity index (χ1) is 9.04. The molecule has 0 bridgehead atoms. The molecular formula is C12H16N4O3. The predicted molar refractivity (Wildman–Crippen MR) is 67.5 cm³/mol. The van der Waals surface area contributed by atoms with E-state index in [1.807, 2.05) is 0 Å². The van der Waals surface area contributed by atoms with Gasteiger partial charge in [-0.25, -0.2) is 5.10 Å². The number of nitrogens with zero attached hydrogens (tertiary/aromatic N) is 1. The zero-order valence-electron chi connectivity index (χ0n) is 10.7. The quantitative estimate of drug-likeness (QED) is 0.643. The van der Waals surface area contributed by atoms with Gasteiger partial charge in [-0.15, -0.1) is 0 Å². The van der Waals surface area contributed by atoms with Crippen molar-refractivity contribution >= 4 is 11.8 Å². The molecule has 1 aromatic heterocycles. The average Bonchev–Trinajstić information content (AvgIpc) is 2.36. The van der Waals surface area contributed by atoms with E-state index in [0.29, 0.717) is 6.42 Å². The number of carbonyl (C=O) groups is 2. The summed E-state index contributed by atoms with van der Waals surface area (Å²) in [5.74, 6) is -0.457. The highest BCUT2D eigenvalue weighted by Crippen LogP contribution is 2.17. The fraction of sp³-hybridized carbons (Fsp3) is 0.500. The number of hydrogen-bond donors (Lipinski definition) is 3. The summed E-state index contributed by atoms with van der Waals surface area (Å²) in [6.07, 6.45) is 2.09. The van der Waals surface area contributed by atoms with Gasteiger partial charge >= 0.3 is 0 Å². The summed E-state index contributed by atoms with van der Waals surface area (Å²) < 4.78 is 0. The van der Waals surface area contributed by atoms with Crippen molar-refractivity contribution in [1.82, 2.24) is 20.8 Å². The van der Waals surface area contributed by atoms with Gasteiger partial charge in [-0.05, 0) is 24.8 Å². The summed E-state index contributed by atoms with van der Waals surface area (Å²) in [4.78, 5) is 33.5. The zero-order valence-corrected chi connectivity index (χ0v) is 10.7. The lowest BCUT2D eigenvalue weighted by Gasteiger charge is -2.24. The fourth-order valence-corrected chi connectivity index (χ4v) is 2.15. The highest BCUT2D eigenvalue weighted by molar-refractivity contribution is 5.83. The van der Waals surface area contributed by atoms with Gasteiger partial charge in [0.05, 0.1) is 12.2 Å². The molecule has 1 aromatic rings. The first-order valence-corrected chi connectivity index (χ1v) is 6.16. The number of fused-ring (bicyclic) bond motifs is 1. The van der Waals surface area contributed by atoms with Gasteiger partial charge in [0.15, 0.2) is 0 Å². The van der Waals surface area contributed by atoms with Crippen LogP contribution < -0.4 is 16.2 Å². The molecular weight excluding hydrogens is 248 g/mol. The molecule has 1 aliphatic rings. The summed E-state index contributed by atoms with van der Waals surface area (Å²) in [6, 6.07) is 1.51. The smallest absolute Gasteiger partial charge is 0.264 e. The summed E-state index contributed by atoms with van der Waals surface area (Å²) in [6.45, 7) is 1.34. The molecule has 1 aliphatic carbocycles. The number of carbonyl (C=O) groups excluding carboxylic acids is 2. The molecule has 0 saturated heterocycles. The number of nitrogens with one attached hydrogen (secondary N) is 3. The maximum atomic E-state index is 11.6. The second kappa shape index (κ2) is 5.64. The van der Waals surface area contributed by atoms with Gasteiger partial charge in [0.2, 0.25) is 11.8 Å². The van der Waals surface area contributed by atoms with Gasteiger partial charge in [0.25, 0.3) is 5.56 Å². The molecule has 0 fully saturated rings. The van der Waals surface area contributed by atoms with Crippen LogP contribution in [0.2, 0.25) is 0 Å². The van der Waals surface area contributed by atoms with E-state index in [2.05, 4.69) is 20.8 Å². The standard InChI is InChI=1S/C12H16N4O3/c1-7(17)13-6-12(19)14-9-2-3-10-8(4-9)5-11(18)16-15-10/h5,9H,2-4,6H2,1H3,(H,13,17)(H,14,19)(H,16,18). The van der Waals surface area contributed by atoms with Crippen LogP contribution in [0.25, 0.3) is 0 Å². The van der Waals surface area contributed by atoms with Crippen LogP contribution in [0, 0.1) is 0 Å². The van der Waals surface area contributed by atoms with Crippen molar-refractivity contribution in [3.63, 3.8) is 0 Å². The fourth-order valence-electron chi connectivity index (χ4n) is 2.15. The zero-order chi connectivity index (χ0) is 13.8. The van der Waals surface area contributed by atoms with Crippen LogP contribution in [-0.2, 0) is 22.4 Å². The maximum Gasteiger partial charge on any atom is 0.264 e. The van der Waals surface area contributed by atoms with Crippen molar-refractivity contribution in [2.45, 2.75) is 32.2 Å². The summed E-state index contributed by atoms with van der Waals surface area (Å²) in [7, 11) is 0. The van der Waals surface area contributed by atoms with Crippen molar-refractivity contribution < 1.29 is 9.59 Å². The first kappa shape index (κ1) is 13.3. The Labute approximate surface area is 109 Å². The highest BCUT2D eigenvalue weighted by atomic mass is 16.2. The maximum absolute atomic E-state index is 11.6. The predicted octanol–water partition coefficient (Wildman–Crippen LogP) is -1.12. The van der Waals surface area contributed by atoms with E-state index in [9.17, 15) is 14.4 Å². The van der Waals surface area contributed by atoms with E-state index < -0.39 is 0 Å². The minimum absolute atomic E-state index is 0.0163. The van der Waals surface area contributed by atoms with E-state index in [0.717, 1.165) is 24.1 Å². The number of aromatic amines is 1. The van der Waals surface area contributed by atoms with E-state index in [4.69, 9.17) is 0 Å². The third-order valence-corrected chi connectivity index (χ3v) is 3.04. The normalized spacial score (nSPS) is 17.4. The Morgan fingerprint density at radius 3 is 3.05 bits per heavy atom. The third kappa shape index (κ3) is 3.64. The molecule has 0 saturated carbocycles. The molecule has 1 heterocycles. The minimum Gasteiger partial charge on any atom is -0.351 e. The molecule has 7 nitrogen and oxygen atoms in total. The van der Waals surface area contributed by atoms with Gasteiger partial charge in [-0.3, -0.25) is 14.4 Å². The molecule has 0 radical (unpaired) electrons. The van der Waals surface area contributed by atoms with Crippen molar-refractivity contribution in [3.05, 3.63) is 27.7 Å². The summed E-state index contributed by atoms with van der Waals surface area (Å²) >= 11 is 0. The van der Waals surface area contributed by atoms with Crippen molar-refractivity contribution in [1.29, 1.82) is 0 Å². The molecule has 2 amide bonds. The van der Waals surface area contributed by atoms with Crippen LogP contribution in [0.5, 0.6) is 0 Å². The molecule has 2 rings (SSSR count). The second-order valence-corrected chi connectivity index (χ2v) is 4.62. The molecule has 19 heavy (non-hydrogen) atoms. The van der Waals surface area contributed by atoms with Gasteiger partial charge in [0, 0.05) is 19.0 Å². The monoisotopic (exact) mass is 264 g/mol. The van der Waals surface area contributed by atoms with Gasteiger partial charge in [-0.1, -0.05) is 0 Å². The molecule has 3 N–H and O–H groups in total. The molecule has 1 unspecified atom stereocenters. The van der Waals surface area contributed by atoms with Gasteiger partial charge in [-0.2, -0.15) is 5.10 Å². The Bertz CT molecular complexity index is 552. The lowest BCUT2D eigenvalue weighted by molar-refractivity contribution is -0.125. The van der Waals surface area contributed by atoms with Crippen molar-refractivity contribution in [2.75, 3.05) is 6.54 Å². The largest absolute Gasteiger partial charge is 0.351 e. The number of H-pyrrole nitrogens is 1. The number of aryl methyl sites for hydroxylation is 1. The van der Waals surface area contributed by atoms with Crippen LogP contribution in [0.15, 0.2) is 10.9 Å². The van der Waals surface area contributed by atoms with Crippen LogP contribution in [-0.4, -0.2) is 34.6 Å². The molecule has 0 spiro atoms.